The lowest BCUT2D eigenvalue weighted by atomic mass is 9.82. The van der Waals surface area contributed by atoms with Crippen molar-refractivity contribution in [3.05, 3.63) is 22.7 Å². The molecular formula is C9H13N3O2. The number of aromatic amines is 1. The van der Waals surface area contributed by atoms with Crippen LogP contribution in [0.25, 0.3) is 0 Å². The number of rotatable bonds is 3. The highest BCUT2D eigenvalue weighted by Crippen LogP contribution is 2.26. The van der Waals surface area contributed by atoms with Gasteiger partial charge in [-0.2, -0.15) is 0 Å². The molecule has 5 nitrogen and oxygen atoms in total. The van der Waals surface area contributed by atoms with E-state index in [9.17, 15) is 4.79 Å². The van der Waals surface area contributed by atoms with Crippen LogP contribution in [0.1, 0.15) is 12.8 Å². The molecule has 1 aromatic heterocycles. The lowest BCUT2D eigenvalue weighted by Crippen LogP contribution is -2.34. The molecule has 1 aliphatic carbocycles. The largest absolute Gasteiger partial charge is 0.393 e. The van der Waals surface area contributed by atoms with Gasteiger partial charge in [-0.25, -0.2) is 4.98 Å². The normalized spacial score (nSPS) is 25.5. The minimum Gasteiger partial charge on any atom is -0.393 e. The molecule has 0 bridgehead atoms. The molecular weight excluding hydrogens is 182 g/mol. The quantitative estimate of drug-likeness (QED) is 0.632. The van der Waals surface area contributed by atoms with Gasteiger partial charge in [0.1, 0.15) is 0 Å². The second-order valence-corrected chi connectivity index (χ2v) is 3.64. The number of nitrogens with zero attached hydrogens (tertiary/aromatic N) is 1. The average molecular weight is 195 g/mol. The summed E-state index contributed by atoms with van der Waals surface area (Å²) in [6.07, 6.45) is 4.53. The Morgan fingerprint density at radius 3 is 3.07 bits per heavy atom. The first-order valence-corrected chi connectivity index (χ1v) is 4.71. The summed E-state index contributed by atoms with van der Waals surface area (Å²) in [5, 5.41) is 12.0. The van der Waals surface area contributed by atoms with Crippen LogP contribution in [0.4, 0.5) is 5.82 Å². The van der Waals surface area contributed by atoms with Gasteiger partial charge in [-0.1, -0.05) is 0 Å². The summed E-state index contributed by atoms with van der Waals surface area (Å²) in [6.45, 7) is 0.706. The van der Waals surface area contributed by atoms with E-state index < -0.39 is 0 Å². The van der Waals surface area contributed by atoms with Crippen LogP contribution in [0.3, 0.4) is 0 Å². The number of aromatic nitrogens is 2. The highest BCUT2D eigenvalue weighted by molar-refractivity contribution is 5.30. The zero-order valence-corrected chi connectivity index (χ0v) is 7.73. The topological polar surface area (TPSA) is 78.0 Å². The Bertz CT molecular complexity index is 357. The number of aliphatic hydroxyl groups excluding tert-OH is 1. The Hall–Kier alpha value is -1.36. The van der Waals surface area contributed by atoms with Crippen molar-refractivity contribution in [3.63, 3.8) is 0 Å². The SMILES string of the molecule is O=c1[nH]ccnc1NCC1CC(O)C1. The minimum absolute atomic E-state index is 0.149. The average Bonchev–Trinajstić information content (AvgIpc) is 2.13. The van der Waals surface area contributed by atoms with Crippen molar-refractivity contribution in [1.29, 1.82) is 0 Å². The third-order valence-corrected chi connectivity index (χ3v) is 2.48. The van der Waals surface area contributed by atoms with Gasteiger partial charge in [-0.05, 0) is 18.8 Å². The first kappa shape index (κ1) is 9.21. The summed E-state index contributed by atoms with van der Waals surface area (Å²) in [6, 6.07) is 0. The van der Waals surface area contributed by atoms with E-state index >= 15 is 0 Å². The van der Waals surface area contributed by atoms with Crippen LogP contribution in [0.5, 0.6) is 0 Å². The Labute approximate surface area is 81.2 Å². The molecule has 1 aromatic rings. The summed E-state index contributed by atoms with van der Waals surface area (Å²) in [4.78, 5) is 17.6. The van der Waals surface area contributed by atoms with Gasteiger partial charge in [0.2, 0.25) is 0 Å². The molecule has 5 heteroatoms. The van der Waals surface area contributed by atoms with Crippen molar-refractivity contribution in [2.24, 2.45) is 5.92 Å². The lowest BCUT2D eigenvalue weighted by Gasteiger charge is -2.31. The molecule has 0 aliphatic heterocycles. The summed E-state index contributed by atoms with van der Waals surface area (Å²) < 4.78 is 0. The van der Waals surface area contributed by atoms with E-state index in [4.69, 9.17) is 5.11 Å². The Morgan fingerprint density at radius 2 is 2.43 bits per heavy atom. The number of aliphatic hydroxyl groups is 1. The number of H-pyrrole nitrogens is 1. The summed E-state index contributed by atoms with van der Waals surface area (Å²) in [5.41, 5.74) is -0.202. The van der Waals surface area contributed by atoms with Gasteiger partial charge < -0.3 is 15.4 Å². The first-order chi connectivity index (χ1) is 6.75. The van der Waals surface area contributed by atoms with Crippen molar-refractivity contribution in [2.45, 2.75) is 18.9 Å². The van der Waals surface area contributed by atoms with E-state index in [1.165, 1.54) is 6.20 Å². The zero-order valence-electron chi connectivity index (χ0n) is 7.73. The predicted molar refractivity (Wildman–Crippen MR) is 52.1 cm³/mol. The van der Waals surface area contributed by atoms with Crippen LogP contribution < -0.4 is 10.9 Å². The maximum atomic E-state index is 11.2. The smallest absolute Gasteiger partial charge is 0.290 e. The fourth-order valence-corrected chi connectivity index (χ4v) is 1.59. The maximum absolute atomic E-state index is 11.2. The molecule has 1 aliphatic rings. The van der Waals surface area contributed by atoms with Gasteiger partial charge >= 0.3 is 0 Å². The summed E-state index contributed by atoms with van der Waals surface area (Å²) >= 11 is 0. The molecule has 0 aromatic carbocycles. The number of nitrogens with one attached hydrogen (secondary N) is 2. The molecule has 2 rings (SSSR count). The zero-order chi connectivity index (χ0) is 9.97. The van der Waals surface area contributed by atoms with Crippen LogP contribution in [0.2, 0.25) is 0 Å². The van der Waals surface area contributed by atoms with Gasteiger partial charge in [0.05, 0.1) is 6.10 Å². The highest BCUT2D eigenvalue weighted by Gasteiger charge is 2.26. The first-order valence-electron chi connectivity index (χ1n) is 4.71. The molecule has 1 heterocycles. The molecule has 0 unspecified atom stereocenters. The predicted octanol–water partition coefficient (Wildman–Crippen LogP) is -0.0473. The molecule has 0 saturated heterocycles. The standard InChI is InChI=1S/C9H13N3O2/c13-7-3-6(4-7)5-12-8-9(14)11-2-1-10-8/h1-2,6-7,13H,3-5H2,(H,10,12)(H,11,14). The van der Waals surface area contributed by atoms with E-state index in [1.807, 2.05) is 0 Å². The second kappa shape index (κ2) is 3.79. The van der Waals surface area contributed by atoms with Crippen LogP contribution in [0, 0.1) is 5.92 Å². The summed E-state index contributed by atoms with van der Waals surface area (Å²) in [7, 11) is 0. The number of hydrogen-bond acceptors (Lipinski definition) is 4. The lowest BCUT2D eigenvalue weighted by molar-refractivity contribution is 0.0486. The molecule has 76 valence electrons. The van der Waals surface area contributed by atoms with Gasteiger partial charge in [0.15, 0.2) is 5.82 Å². The van der Waals surface area contributed by atoms with Gasteiger partial charge in [0, 0.05) is 18.9 Å². The van der Waals surface area contributed by atoms with E-state index in [0.717, 1.165) is 12.8 Å². The third-order valence-electron chi connectivity index (χ3n) is 2.48. The Balaban J connectivity index is 1.86. The van der Waals surface area contributed by atoms with Crippen molar-refractivity contribution in [3.8, 4) is 0 Å². The summed E-state index contributed by atoms with van der Waals surface area (Å²) in [5.74, 6) is 0.820. The second-order valence-electron chi connectivity index (χ2n) is 3.64. The van der Waals surface area contributed by atoms with Crippen molar-refractivity contribution in [2.75, 3.05) is 11.9 Å². The minimum atomic E-state index is -0.202. The van der Waals surface area contributed by atoms with Crippen molar-refractivity contribution in [1.82, 2.24) is 9.97 Å². The number of hydrogen-bond donors (Lipinski definition) is 3. The Kier molecular flexibility index (Phi) is 2.49. The van der Waals surface area contributed by atoms with Crippen molar-refractivity contribution < 1.29 is 5.11 Å². The van der Waals surface area contributed by atoms with Crippen LogP contribution >= 0.6 is 0 Å². The van der Waals surface area contributed by atoms with Gasteiger partial charge in [-0.3, -0.25) is 4.79 Å². The van der Waals surface area contributed by atoms with E-state index in [-0.39, 0.29) is 11.7 Å². The van der Waals surface area contributed by atoms with E-state index in [0.29, 0.717) is 18.3 Å². The van der Waals surface area contributed by atoms with E-state index in [1.54, 1.807) is 6.20 Å². The third kappa shape index (κ3) is 1.93. The molecule has 0 atom stereocenters. The number of anilines is 1. The molecule has 3 N–H and O–H groups in total. The molecule has 0 radical (unpaired) electrons. The molecule has 1 fully saturated rings. The Morgan fingerprint density at radius 1 is 1.64 bits per heavy atom. The van der Waals surface area contributed by atoms with Crippen LogP contribution in [0.15, 0.2) is 17.2 Å². The monoisotopic (exact) mass is 195 g/mol. The molecule has 1 saturated carbocycles. The molecule has 0 spiro atoms. The van der Waals surface area contributed by atoms with Crippen LogP contribution in [-0.2, 0) is 0 Å². The van der Waals surface area contributed by atoms with Crippen molar-refractivity contribution >= 4 is 5.82 Å². The highest BCUT2D eigenvalue weighted by atomic mass is 16.3. The molecule has 0 amide bonds. The molecule has 14 heavy (non-hydrogen) atoms. The maximum Gasteiger partial charge on any atom is 0.290 e. The fraction of sp³-hybridized carbons (Fsp3) is 0.556. The van der Waals surface area contributed by atoms with Crippen LogP contribution in [-0.4, -0.2) is 27.7 Å². The van der Waals surface area contributed by atoms with Gasteiger partial charge in [-0.15, -0.1) is 0 Å². The van der Waals surface area contributed by atoms with E-state index in [2.05, 4.69) is 15.3 Å². The van der Waals surface area contributed by atoms with Gasteiger partial charge in [0.25, 0.3) is 5.56 Å². The fourth-order valence-electron chi connectivity index (χ4n) is 1.59.